The molecular weight excluding hydrogens is 232 g/mol. The van der Waals surface area contributed by atoms with Crippen LogP contribution in [0.4, 0.5) is 0 Å². The summed E-state index contributed by atoms with van der Waals surface area (Å²) in [6.45, 7) is 5.25. The highest BCUT2D eigenvalue weighted by Gasteiger charge is 2.38. The van der Waals surface area contributed by atoms with Crippen LogP contribution < -0.4 is 0 Å². The van der Waals surface area contributed by atoms with Gasteiger partial charge < -0.3 is 4.74 Å². The highest BCUT2D eigenvalue weighted by atomic mass is 16.5. The van der Waals surface area contributed by atoms with Gasteiger partial charge in [-0.25, -0.2) is 0 Å². The number of methoxy groups -OCH3 is 1. The minimum Gasteiger partial charge on any atom is -0.468 e. The molecule has 0 spiro atoms. The number of ether oxygens (including phenoxy) is 1. The zero-order chi connectivity index (χ0) is 13.9. The summed E-state index contributed by atoms with van der Waals surface area (Å²) in [5.41, 5.74) is -0.640. The average molecular weight is 254 g/mol. The number of hydrogen-bond acceptors (Lipinski definition) is 4. The minimum atomic E-state index is -0.942. The van der Waals surface area contributed by atoms with Gasteiger partial charge in [-0.1, -0.05) is 27.2 Å². The number of ketones is 2. The summed E-state index contributed by atoms with van der Waals surface area (Å²) in [7, 11) is 1.25. The number of carbonyl (C=O) groups is 3. The summed E-state index contributed by atoms with van der Waals surface area (Å²) < 4.78 is 4.65. The fourth-order valence-corrected chi connectivity index (χ4v) is 2.05. The van der Waals surface area contributed by atoms with Crippen LogP contribution in [0.1, 0.15) is 46.5 Å². The molecule has 0 amide bonds. The lowest BCUT2D eigenvalue weighted by Gasteiger charge is -2.27. The van der Waals surface area contributed by atoms with Crippen LogP contribution in [0.3, 0.4) is 0 Å². The molecule has 1 saturated carbocycles. The number of hydrogen-bond donors (Lipinski definition) is 0. The van der Waals surface area contributed by atoms with Crippen molar-refractivity contribution in [2.24, 2.45) is 17.3 Å². The SMILES string of the molecule is COC(=O)C(CC(=O)C1CCC1)C(=O)C(C)(C)C. The van der Waals surface area contributed by atoms with E-state index in [9.17, 15) is 14.4 Å². The number of esters is 1. The van der Waals surface area contributed by atoms with Crippen molar-refractivity contribution in [3.8, 4) is 0 Å². The fraction of sp³-hybridized carbons (Fsp3) is 0.786. The molecule has 102 valence electrons. The maximum atomic E-state index is 12.2. The quantitative estimate of drug-likeness (QED) is 0.557. The molecular formula is C14H22O4. The second kappa shape index (κ2) is 5.63. The summed E-state index contributed by atoms with van der Waals surface area (Å²) in [5.74, 6) is -1.69. The lowest BCUT2D eigenvalue weighted by molar-refractivity contribution is -0.154. The predicted molar refractivity (Wildman–Crippen MR) is 66.9 cm³/mol. The standard InChI is InChI=1S/C14H22O4/c1-14(2,3)12(16)10(13(17)18-4)8-11(15)9-6-5-7-9/h9-10H,5-8H2,1-4H3. The van der Waals surface area contributed by atoms with Gasteiger partial charge in [-0.3, -0.25) is 14.4 Å². The lowest BCUT2D eigenvalue weighted by atomic mass is 9.76. The topological polar surface area (TPSA) is 60.4 Å². The zero-order valence-electron chi connectivity index (χ0n) is 11.6. The molecule has 0 bridgehead atoms. The molecule has 4 nitrogen and oxygen atoms in total. The second-order valence-corrected chi connectivity index (χ2v) is 5.99. The van der Waals surface area contributed by atoms with E-state index in [2.05, 4.69) is 4.74 Å². The molecule has 1 rings (SSSR count). The third-order valence-corrected chi connectivity index (χ3v) is 3.51. The van der Waals surface area contributed by atoms with Gasteiger partial charge in [0.25, 0.3) is 0 Å². The van der Waals surface area contributed by atoms with Gasteiger partial charge in [0.1, 0.15) is 11.7 Å². The monoisotopic (exact) mass is 254 g/mol. The number of rotatable bonds is 5. The van der Waals surface area contributed by atoms with Crippen molar-refractivity contribution in [2.45, 2.75) is 46.5 Å². The predicted octanol–water partition coefficient (Wildman–Crippen LogP) is 2.15. The Balaban J connectivity index is 2.75. The Hall–Kier alpha value is -1.19. The van der Waals surface area contributed by atoms with Crippen molar-refractivity contribution in [3.05, 3.63) is 0 Å². The Kier molecular flexibility index (Phi) is 4.65. The smallest absolute Gasteiger partial charge is 0.316 e. The van der Waals surface area contributed by atoms with E-state index in [0.29, 0.717) is 0 Å². The van der Waals surface area contributed by atoms with Gasteiger partial charge >= 0.3 is 5.97 Å². The molecule has 0 heterocycles. The van der Waals surface area contributed by atoms with Crippen LogP contribution in [0.2, 0.25) is 0 Å². The van der Waals surface area contributed by atoms with Gasteiger partial charge in [-0.2, -0.15) is 0 Å². The Morgan fingerprint density at radius 2 is 1.78 bits per heavy atom. The van der Waals surface area contributed by atoms with Crippen LogP contribution in [-0.2, 0) is 19.1 Å². The second-order valence-electron chi connectivity index (χ2n) is 5.99. The molecule has 1 unspecified atom stereocenters. The summed E-state index contributed by atoms with van der Waals surface area (Å²) in [4.78, 5) is 35.8. The molecule has 1 aliphatic carbocycles. The minimum absolute atomic E-state index is 0.00650. The summed E-state index contributed by atoms with van der Waals surface area (Å²) in [5, 5.41) is 0. The van der Waals surface area contributed by atoms with Gasteiger partial charge in [0.2, 0.25) is 0 Å². The zero-order valence-corrected chi connectivity index (χ0v) is 11.6. The molecule has 0 aromatic carbocycles. The van der Waals surface area contributed by atoms with Crippen LogP contribution >= 0.6 is 0 Å². The Morgan fingerprint density at radius 3 is 2.11 bits per heavy atom. The van der Waals surface area contributed by atoms with Crippen molar-refractivity contribution in [1.82, 2.24) is 0 Å². The van der Waals surface area contributed by atoms with E-state index in [4.69, 9.17) is 0 Å². The molecule has 0 N–H and O–H groups in total. The van der Waals surface area contributed by atoms with Gasteiger partial charge in [-0.15, -0.1) is 0 Å². The maximum absolute atomic E-state index is 12.2. The van der Waals surface area contributed by atoms with Crippen LogP contribution in [0.5, 0.6) is 0 Å². The Labute approximate surface area is 108 Å². The van der Waals surface area contributed by atoms with Crippen molar-refractivity contribution in [2.75, 3.05) is 7.11 Å². The van der Waals surface area contributed by atoms with E-state index in [-0.39, 0.29) is 23.9 Å². The first-order valence-corrected chi connectivity index (χ1v) is 6.42. The first-order valence-electron chi connectivity index (χ1n) is 6.42. The van der Waals surface area contributed by atoms with Crippen LogP contribution in [-0.4, -0.2) is 24.6 Å². The third-order valence-electron chi connectivity index (χ3n) is 3.51. The van der Waals surface area contributed by atoms with Crippen LogP contribution in [0.25, 0.3) is 0 Å². The average Bonchev–Trinajstić information content (AvgIpc) is 2.20. The molecule has 18 heavy (non-hydrogen) atoms. The third kappa shape index (κ3) is 3.40. The van der Waals surface area contributed by atoms with E-state index < -0.39 is 17.3 Å². The molecule has 0 aliphatic heterocycles. The van der Waals surface area contributed by atoms with E-state index in [1.807, 2.05) is 0 Å². The molecule has 1 aliphatic rings. The fourth-order valence-electron chi connectivity index (χ4n) is 2.05. The van der Waals surface area contributed by atoms with E-state index >= 15 is 0 Å². The molecule has 1 fully saturated rings. The van der Waals surface area contributed by atoms with Crippen LogP contribution in [0.15, 0.2) is 0 Å². The van der Waals surface area contributed by atoms with E-state index in [1.165, 1.54) is 7.11 Å². The van der Waals surface area contributed by atoms with Crippen molar-refractivity contribution in [1.29, 1.82) is 0 Å². The lowest BCUT2D eigenvalue weighted by Crippen LogP contribution is -2.37. The molecule has 0 aromatic heterocycles. The number of carbonyl (C=O) groups excluding carboxylic acids is 3. The van der Waals surface area contributed by atoms with Gasteiger partial charge in [0.05, 0.1) is 7.11 Å². The molecule has 0 aromatic rings. The largest absolute Gasteiger partial charge is 0.468 e. The Morgan fingerprint density at radius 1 is 1.22 bits per heavy atom. The first-order chi connectivity index (χ1) is 8.27. The van der Waals surface area contributed by atoms with E-state index in [1.54, 1.807) is 20.8 Å². The Bertz CT molecular complexity index is 347. The number of Topliss-reactive ketones (excluding diaryl/α,β-unsaturated/α-hetero) is 2. The summed E-state index contributed by atoms with van der Waals surface area (Å²) in [6.07, 6.45) is 2.83. The van der Waals surface area contributed by atoms with E-state index in [0.717, 1.165) is 19.3 Å². The maximum Gasteiger partial charge on any atom is 0.316 e. The van der Waals surface area contributed by atoms with Gasteiger partial charge in [0.15, 0.2) is 5.78 Å². The molecule has 0 radical (unpaired) electrons. The normalized spacial score (nSPS) is 17.8. The molecule has 0 saturated heterocycles. The van der Waals surface area contributed by atoms with Crippen molar-refractivity contribution < 1.29 is 19.1 Å². The molecule has 4 heteroatoms. The summed E-state index contributed by atoms with van der Waals surface area (Å²) in [6, 6.07) is 0. The first kappa shape index (κ1) is 14.9. The highest BCUT2D eigenvalue weighted by Crippen LogP contribution is 2.31. The van der Waals surface area contributed by atoms with Crippen molar-refractivity contribution in [3.63, 3.8) is 0 Å². The summed E-state index contributed by atoms with van der Waals surface area (Å²) >= 11 is 0. The highest BCUT2D eigenvalue weighted by molar-refractivity contribution is 6.04. The van der Waals surface area contributed by atoms with Crippen LogP contribution in [0, 0.1) is 17.3 Å². The van der Waals surface area contributed by atoms with Gasteiger partial charge in [-0.05, 0) is 12.8 Å². The van der Waals surface area contributed by atoms with Crippen molar-refractivity contribution >= 4 is 17.5 Å². The van der Waals surface area contributed by atoms with Gasteiger partial charge in [0, 0.05) is 17.8 Å². The molecule has 1 atom stereocenters.